The summed E-state index contributed by atoms with van der Waals surface area (Å²) < 4.78 is 24.0. The fourth-order valence-electron chi connectivity index (χ4n) is 2.48. The Kier molecular flexibility index (Phi) is 6.18. The first-order valence-corrected chi connectivity index (χ1v) is 8.75. The number of hydrogen-bond donors (Lipinski definition) is 2. The number of nitrogens with zero attached hydrogens (tertiary/aromatic N) is 2. The van der Waals surface area contributed by atoms with Crippen molar-refractivity contribution in [3.05, 3.63) is 65.3 Å². The highest BCUT2D eigenvalue weighted by Crippen LogP contribution is 2.21. The van der Waals surface area contributed by atoms with E-state index in [9.17, 15) is 19.1 Å². The molecule has 3 aromatic rings. The Morgan fingerprint density at radius 3 is 2.76 bits per heavy atom. The SMILES string of the molecule is Cc1ccc(C(=O)NCCC(=O)OCc2nnc(-c3ccccc3F)o2)c(O)c1. The van der Waals surface area contributed by atoms with E-state index in [2.05, 4.69) is 15.5 Å². The molecular formula is C20H18FN3O5. The molecule has 1 aromatic heterocycles. The lowest BCUT2D eigenvalue weighted by atomic mass is 10.1. The number of carbonyl (C=O) groups excluding carboxylic acids is 2. The largest absolute Gasteiger partial charge is 0.507 e. The van der Waals surface area contributed by atoms with E-state index in [-0.39, 0.29) is 48.2 Å². The first kappa shape index (κ1) is 20.0. The molecule has 0 atom stereocenters. The summed E-state index contributed by atoms with van der Waals surface area (Å²) in [4.78, 5) is 23.8. The van der Waals surface area contributed by atoms with Crippen LogP contribution in [0.3, 0.4) is 0 Å². The lowest BCUT2D eigenvalue weighted by Crippen LogP contribution is -2.26. The van der Waals surface area contributed by atoms with Crippen LogP contribution in [0.5, 0.6) is 5.75 Å². The van der Waals surface area contributed by atoms with Gasteiger partial charge in [0.05, 0.1) is 17.5 Å². The van der Waals surface area contributed by atoms with Crippen molar-refractivity contribution in [1.82, 2.24) is 15.5 Å². The maximum atomic E-state index is 13.7. The first-order chi connectivity index (χ1) is 13.9. The molecule has 150 valence electrons. The fraction of sp³-hybridized carbons (Fsp3) is 0.200. The van der Waals surface area contributed by atoms with Gasteiger partial charge in [-0.3, -0.25) is 9.59 Å². The molecule has 0 aliphatic rings. The number of aryl methyl sites for hydroxylation is 1. The van der Waals surface area contributed by atoms with Crippen LogP contribution in [-0.2, 0) is 16.1 Å². The van der Waals surface area contributed by atoms with Gasteiger partial charge in [0.1, 0.15) is 11.6 Å². The predicted molar refractivity (Wildman–Crippen MR) is 99.3 cm³/mol. The van der Waals surface area contributed by atoms with Crippen molar-refractivity contribution in [3.8, 4) is 17.2 Å². The first-order valence-electron chi connectivity index (χ1n) is 8.75. The minimum absolute atomic E-state index is 0.0145. The van der Waals surface area contributed by atoms with Crippen LogP contribution in [0, 0.1) is 12.7 Å². The zero-order valence-electron chi connectivity index (χ0n) is 15.5. The number of halogens is 1. The Balaban J connectivity index is 1.45. The molecule has 0 aliphatic carbocycles. The summed E-state index contributed by atoms with van der Waals surface area (Å²) in [5.74, 6) is -1.72. The second-order valence-corrected chi connectivity index (χ2v) is 6.17. The molecule has 0 saturated heterocycles. The number of benzene rings is 2. The molecule has 0 unspecified atom stereocenters. The third-order valence-electron chi connectivity index (χ3n) is 3.94. The normalized spacial score (nSPS) is 10.6. The second kappa shape index (κ2) is 8.96. The molecular weight excluding hydrogens is 381 g/mol. The minimum atomic E-state index is -0.593. The third kappa shape index (κ3) is 5.16. The molecule has 1 heterocycles. The van der Waals surface area contributed by atoms with E-state index in [1.165, 1.54) is 30.3 Å². The Morgan fingerprint density at radius 2 is 2.00 bits per heavy atom. The summed E-state index contributed by atoms with van der Waals surface area (Å²) in [6.07, 6.45) is -0.0906. The van der Waals surface area contributed by atoms with Crippen LogP contribution in [0.2, 0.25) is 0 Å². The molecule has 0 radical (unpaired) electrons. The van der Waals surface area contributed by atoms with Crippen molar-refractivity contribution in [1.29, 1.82) is 0 Å². The molecule has 3 rings (SSSR count). The standard InChI is InChI=1S/C20H18FN3O5/c1-12-6-7-14(16(25)10-12)19(27)22-9-8-18(26)28-11-17-23-24-20(29-17)13-4-2-3-5-15(13)21/h2-7,10,25H,8-9,11H2,1H3,(H,22,27). The monoisotopic (exact) mass is 399 g/mol. The van der Waals surface area contributed by atoms with Crippen LogP contribution >= 0.6 is 0 Å². The number of phenolic OH excluding ortho intramolecular Hbond substituents is 1. The number of aromatic hydroxyl groups is 1. The highest BCUT2D eigenvalue weighted by molar-refractivity contribution is 5.97. The van der Waals surface area contributed by atoms with Crippen molar-refractivity contribution < 1.29 is 28.2 Å². The van der Waals surface area contributed by atoms with Crippen LogP contribution < -0.4 is 5.32 Å². The van der Waals surface area contributed by atoms with Gasteiger partial charge in [0.25, 0.3) is 17.7 Å². The van der Waals surface area contributed by atoms with Crippen molar-refractivity contribution in [2.24, 2.45) is 0 Å². The van der Waals surface area contributed by atoms with Crippen LogP contribution in [0.1, 0.15) is 28.2 Å². The number of nitrogens with one attached hydrogen (secondary N) is 1. The number of esters is 1. The maximum Gasteiger partial charge on any atom is 0.308 e. The Hall–Kier alpha value is -3.75. The van der Waals surface area contributed by atoms with Gasteiger partial charge >= 0.3 is 5.97 Å². The second-order valence-electron chi connectivity index (χ2n) is 6.17. The van der Waals surface area contributed by atoms with Gasteiger partial charge in [-0.1, -0.05) is 18.2 Å². The van der Waals surface area contributed by atoms with E-state index >= 15 is 0 Å². The molecule has 0 saturated carbocycles. The quantitative estimate of drug-likeness (QED) is 0.587. The van der Waals surface area contributed by atoms with Gasteiger partial charge in [-0.25, -0.2) is 4.39 Å². The van der Waals surface area contributed by atoms with E-state index < -0.39 is 17.7 Å². The number of amides is 1. The highest BCUT2D eigenvalue weighted by Gasteiger charge is 2.15. The Bertz CT molecular complexity index is 1030. The van der Waals surface area contributed by atoms with Gasteiger partial charge < -0.3 is 19.6 Å². The van der Waals surface area contributed by atoms with Gasteiger partial charge in [0.2, 0.25) is 0 Å². The molecule has 9 heteroatoms. The third-order valence-corrected chi connectivity index (χ3v) is 3.94. The molecule has 2 N–H and O–H groups in total. The van der Waals surface area contributed by atoms with Crippen molar-refractivity contribution in [2.45, 2.75) is 20.0 Å². The molecule has 0 spiro atoms. The average molecular weight is 399 g/mol. The summed E-state index contributed by atoms with van der Waals surface area (Å²) in [5.41, 5.74) is 1.09. The van der Waals surface area contributed by atoms with Crippen molar-refractivity contribution in [2.75, 3.05) is 6.54 Å². The maximum absolute atomic E-state index is 13.7. The predicted octanol–water partition coefficient (Wildman–Crippen LogP) is 2.75. The summed E-state index contributed by atoms with van der Waals surface area (Å²) in [7, 11) is 0. The van der Waals surface area contributed by atoms with Gasteiger partial charge in [-0.2, -0.15) is 0 Å². The molecule has 1 amide bonds. The van der Waals surface area contributed by atoms with Gasteiger partial charge in [-0.15, -0.1) is 10.2 Å². The van der Waals surface area contributed by atoms with E-state index in [1.54, 1.807) is 19.1 Å². The van der Waals surface area contributed by atoms with Gasteiger partial charge in [0, 0.05) is 6.54 Å². The number of phenols is 1. The number of hydrogen-bond acceptors (Lipinski definition) is 7. The highest BCUT2D eigenvalue weighted by atomic mass is 19.1. The number of rotatable bonds is 7. The topological polar surface area (TPSA) is 115 Å². The zero-order valence-corrected chi connectivity index (χ0v) is 15.5. The zero-order chi connectivity index (χ0) is 20.8. The fourth-order valence-corrected chi connectivity index (χ4v) is 2.48. The van der Waals surface area contributed by atoms with E-state index in [4.69, 9.17) is 9.15 Å². The van der Waals surface area contributed by atoms with Gasteiger partial charge in [-0.05, 0) is 36.8 Å². The summed E-state index contributed by atoms with van der Waals surface area (Å²) in [5, 5.41) is 19.8. The van der Waals surface area contributed by atoms with E-state index in [1.807, 2.05) is 0 Å². The molecule has 8 nitrogen and oxygen atoms in total. The summed E-state index contributed by atoms with van der Waals surface area (Å²) in [6, 6.07) is 10.6. The molecule has 0 fully saturated rings. The summed E-state index contributed by atoms with van der Waals surface area (Å²) in [6.45, 7) is 1.54. The lowest BCUT2D eigenvalue weighted by Gasteiger charge is -2.07. The smallest absolute Gasteiger partial charge is 0.308 e. The van der Waals surface area contributed by atoms with Crippen LogP contribution in [0.15, 0.2) is 46.9 Å². The van der Waals surface area contributed by atoms with E-state index in [0.29, 0.717) is 0 Å². The number of aromatic nitrogens is 2. The summed E-state index contributed by atoms with van der Waals surface area (Å²) >= 11 is 0. The Morgan fingerprint density at radius 1 is 1.21 bits per heavy atom. The van der Waals surface area contributed by atoms with E-state index in [0.717, 1.165) is 5.56 Å². The van der Waals surface area contributed by atoms with Crippen LogP contribution in [0.4, 0.5) is 4.39 Å². The molecule has 0 aliphatic heterocycles. The Labute approximate surface area is 165 Å². The van der Waals surface area contributed by atoms with Crippen molar-refractivity contribution in [3.63, 3.8) is 0 Å². The number of carbonyl (C=O) groups is 2. The molecule has 0 bridgehead atoms. The lowest BCUT2D eigenvalue weighted by molar-refractivity contribution is -0.145. The molecule has 2 aromatic carbocycles. The van der Waals surface area contributed by atoms with Crippen LogP contribution in [-0.4, -0.2) is 33.7 Å². The van der Waals surface area contributed by atoms with Crippen molar-refractivity contribution >= 4 is 11.9 Å². The molecule has 29 heavy (non-hydrogen) atoms. The average Bonchev–Trinajstić information content (AvgIpc) is 3.15. The number of ether oxygens (including phenoxy) is 1. The minimum Gasteiger partial charge on any atom is -0.507 e. The van der Waals surface area contributed by atoms with Gasteiger partial charge in [0.15, 0.2) is 6.61 Å². The van der Waals surface area contributed by atoms with Crippen LogP contribution in [0.25, 0.3) is 11.5 Å².